The lowest BCUT2D eigenvalue weighted by atomic mass is 10.0. The Bertz CT molecular complexity index is 5990. The van der Waals surface area contributed by atoms with E-state index in [2.05, 4.69) is 9.97 Å². The molecule has 141 heavy (non-hydrogen) atoms. The number of fused-ring (bicyclic) bond motifs is 1. The van der Waals surface area contributed by atoms with Crippen molar-refractivity contribution in [1.82, 2.24) is 9.97 Å². The Morgan fingerprint density at radius 1 is 0.220 bits per heavy atom. The molecule has 0 saturated carbocycles. The molecule has 0 unspecified atom stereocenters. The van der Waals surface area contributed by atoms with E-state index in [0.29, 0.717) is 211 Å². The number of rotatable bonds is 46. The van der Waals surface area contributed by atoms with Gasteiger partial charge in [-0.25, -0.2) is 9.97 Å². The van der Waals surface area contributed by atoms with Crippen molar-refractivity contribution >= 4 is 111 Å². The van der Waals surface area contributed by atoms with Crippen LogP contribution in [0, 0.1) is 0 Å². The van der Waals surface area contributed by atoms with Gasteiger partial charge in [0, 0.05) is 46.0 Å². The molecule has 0 amide bonds. The SMILES string of the molecule is COc1ccc(C=O)cc1OCCOc1cc(C=O)ccc1OC.O=CC(C=O)c1ccncn1.O=Cc1cc2ccccc2cc1C=O.O=Cc1ccc(C=O)cc1.O=Cc1ccccc1OCCCCCCOc1ccccc1C=O.O=Cc1ccccc1OCCCOc1ccccc1C=O.O=Cc1ccccc1OCCOc1ccccc1C=O.O=Cc1ccccc1Oc1ccccc1C=O. The van der Waals surface area contributed by atoms with Crippen molar-refractivity contribution in [3.8, 4) is 69.0 Å². The predicted octanol–water partition coefficient (Wildman–Crippen LogP) is 19.9. The molecule has 0 N–H and O–H groups in total. The highest BCUT2D eigenvalue weighted by molar-refractivity contribution is 5.98. The molecule has 0 radical (unpaired) electrons. The third kappa shape index (κ3) is 38.2. The second-order valence-electron chi connectivity index (χ2n) is 28.9. The molecule has 0 bridgehead atoms. The van der Waals surface area contributed by atoms with E-state index in [-0.39, 0.29) is 26.4 Å². The van der Waals surface area contributed by atoms with Crippen LogP contribution in [-0.4, -0.2) is 178 Å². The first-order valence-electron chi connectivity index (χ1n) is 43.6. The molecule has 0 aliphatic carbocycles. The van der Waals surface area contributed by atoms with Crippen LogP contribution < -0.4 is 52.1 Å². The maximum absolute atomic E-state index is 10.9. The van der Waals surface area contributed by atoms with Crippen LogP contribution in [0.4, 0.5) is 0 Å². The Hall–Kier alpha value is -18.3. The van der Waals surface area contributed by atoms with Gasteiger partial charge >= 0.3 is 0 Å². The fourth-order valence-corrected chi connectivity index (χ4v) is 12.2. The molecule has 14 aromatic rings. The highest BCUT2D eigenvalue weighted by Crippen LogP contribution is 2.32. The molecule has 0 saturated heterocycles. The first-order valence-corrected chi connectivity index (χ1v) is 43.6. The van der Waals surface area contributed by atoms with Crippen LogP contribution in [0.5, 0.6) is 69.0 Å². The van der Waals surface area contributed by atoms with Gasteiger partial charge in [0.05, 0.1) is 90.8 Å². The Kier molecular flexibility index (Phi) is 50.9. The summed E-state index contributed by atoms with van der Waals surface area (Å²) in [5.41, 5.74) is 7.62. The van der Waals surface area contributed by atoms with Crippen molar-refractivity contribution < 1.29 is 129 Å². The van der Waals surface area contributed by atoms with Crippen molar-refractivity contribution in [3.63, 3.8) is 0 Å². The number of methoxy groups -OCH3 is 2. The molecule has 0 aliphatic heterocycles. The molecular formula is C112H100N2O27. The number of aromatic nitrogens is 2. The fraction of sp³-hybridized carbons (Fsp3) is 0.143. The number of aldehydes is 16. The van der Waals surface area contributed by atoms with Gasteiger partial charge in [0.1, 0.15) is 122 Å². The average molecular weight is 1910 g/mol. The highest BCUT2D eigenvalue weighted by atomic mass is 16.6. The molecule has 0 atom stereocenters. The van der Waals surface area contributed by atoms with Crippen LogP contribution in [-0.2, 0) is 9.59 Å². The van der Waals surface area contributed by atoms with Crippen LogP contribution in [0.15, 0.2) is 310 Å². The topological polar surface area (TPSA) is 400 Å². The number of benzene rings is 13. The minimum atomic E-state index is -0.752. The van der Waals surface area contributed by atoms with Crippen molar-refractivity contribution in [1.29, 1.82) is 0 Å². The number of unbranched alkanes of at least 4 members (excludes halogenated alkanes) is 3. The highest BCUT2D eigenvalue weighted by Gasteiger charge is 2.15. The van der Waals surface area contributed by atoms with E-state index in [1.165, 1.54) is 32.8 Å². The van der Waals surface area contributed by atoms with E-state index < -0.39 is 5.92 Å². The summed E-state index contributed by atoms with van der Waals surface area (Å²) in [5, 5.41) is 1.94. The lowest BCUT2D eigenvalue weighted by Gasteiger charge is -2.13. The Morgan fingerprint density at radius 3 is 0.730 bits per heavy atom. The molecule has 29 heteroatoms. The maximum atomic E-state index is 10.9. The fourth-order valence-electron chi connectivity index (χ4n) is 12.2. The zero-order valence-corrected chi connectivity index (χ0v) is 76.9. The lowest BCUT2D eigenvalue weighted by molar-refractivity contribution is -0.116. The number of hydrogen-bond donors (Lipinski definition) is 0. The minimum Gasteiger partial charge on any atom is -0.493 e. The smallest absolute Gasteiger partial charge is 0.162 e. The van der Waals surface area contributed by atoms with E-state index in [0.717, 1.165) is 112 Å². The van der Waals surface area contributed by atoms with E-state index in [9.17, 15) is 76.7 Å². The number of ether oxygens (including phenoxy) is 11. The largest absolute Gasteiger partial charge is 0.493 e. The normalized spacial score (nSPS) is 9.81. The molecule has 14 rings (SSSR count). The van der Waals surface area contributed by atoms with Gasteiger partial charge in [0.25, 0.3) is 0 Å². The van der Waals surface area contributed by atoms with Gasteiger partial charge in [-0.05, 0) is 188 Å². The zero-order chi connectivity index (χ0) is 101. The molecule has 1 heterocycles. The molecule has 13 aromatic carbocycles. The number of nitrogens with zero attached hydrogens (tertiary/aromatic N) is 2. The van der Waals surface area contributed by atoms with Gasteiger partial charge in [-0.1, -0.05) is 146 Å². The number of hydrogen-bond acceptors (Lipinski definition) is 29. The summed E-state index contributed by atoms with van der Waals surface area (Å²) in [6.45, 7) is 3.11. The number of carbonyl (C=O) groups excluding carboxylic acids is 16. The summed E-state index contributed by atoms with van der Waals surface area (Å²) in [5.74, 6) is 5.57. The second kappa shape index (κ2) is 65.4. The van der Waals surface area contributed by atoms with Gasteiger partial charge in [-0.15, -0.1) is 0 Å². The molecule has 0 fully saturated rings. The van der Waals surface area contributed by atoms with Crippen LogP contribution >= 0.6 is 0 Å². The maximum Gasteiger partial charge on any atom is 0.162 e. The molecule has 1 aromatic heterocycles. The summed E-state index contributed by atoms with van der Waals surface area (Å²) in [6.07, 6.45) is 18.9. The molecule has 29 nitrogen and oxygen atoms in total. The van der Waals surface area contributed by atoms with E-state index in [1.807, 2.05) is 72.8 Å². The Morgan fingerprint density at radius 2 is 0.468 bits per heavy atom. The van der Waals surface area contributed by atoms with Crippen molar-refractivity contribution in [2.45, 2.75) is 38.0 Å². The van der Waals surface area contributed by atoms with Crippen LogP contribution in [0.2, 0.25) is 0 Å². The van der Waals surface area contributed by atoms with Gasteiger partial charge in [0.2, 0.25) is 0 Å². The quantitative estimate of drug-likeness (QED) is 0.0194. The minimum absolute atomic E-state index is 0.229. The average Bonchev–Trinajstić information content (AvgIpc) is 0.800. The van der Waals surface area contributed by atoms with Crippen LogP contribution in [0.1, 0.15) is 189 Å². The summed E-state index contributed by atoms with van der Waals surface area (Å²) < 4.78 is 60.4. The van der Waals surface area contributed by atoms with E-state index in [1.54, 1.807) is 218 Å². The van der Waals surface area contributed by atoms with Crippen molar-refractivity contribution in [2.24, 2.45) is 0 Å². The number of para-hydroxylation sites is 8. The summed E-state index contributed by atoms with van der Waals surface area (Å²) in [4.78, 5) is 178. The second-order valence-corrected chi connectivity index (χ2v) is 28.9. The summed E-state index contributed by atoms with van der Waals surface area (Å²) in [6, 6.07) is 85.2. The number of carbonyl (C=O) groups is 16. The van der Waals surface area contributed by atoms with E-state index >= 15 is 0 Å². The van der Waals surface area contributed by atoms with Crippen LogP contribution in [0.3, 0.4) is 0 Å². The summed E-state index contributed by atoms with van der Waals surface area (Å²) >= 11 is 0. The van der Waals surface area contributed by atoms with Crippen LogP contribution in [0.25, 0.3) is 10.8 Å². The Labute approximate surface area is 813 Å². The molecule has 0 aliphatic rings. The molecular weight excluding hydrogens is 1810 g/mol. The third-order valence-corrected chi connectivity index (χ3v) is 19.4. The third-order valence-electron chi connectivity index (χ3n) is 19.4. The summed E-state index contributed by atoms with van der Waals surface area (Å²) in [7, 11) is 3.05. The van der Waals surface area contributed by atoms with Crippen molar-refractivity contribution in [2.75, 3.05) is 67.1 Å². The first kappa shape index (κ1) is 110. The first-order chi connectivity index (χ1) is 69.2. The molecule has 720 valence electrons. The predicted molar refractivity (Wildman–Crippen MR) is 527 cm³/mol. The van der Waals surface area contributed by atoms with Gasteiger partial charge in [-0.2, -0.15) is 0 Å². The van der Waals surface area contributed by atoms with E-state index in [4.69, 9.17) is 52.1 Å². The standard InChI is InChI=1S/C20H22O4.C18H18O6.C17H16O4.C16H14O4.C14H10O3.C12H8O2.C8H6O2.C7H6N2O2/c21-15-17-9-3-5-11-19(17)23-13-7-1-2-8-14-24-20-12-6-4-10-18(20)16-22;1-21-15-5-3-13(11-19)9-17(15)23-7-8-24-18-10-14(12-20)4-6-16(18)22-2;18-12-14-6-1-3-8-16(14)20-10-5-11-21-17-9-4-2-7-15(17)13-19;17-11-13-5-1-3-7-15(13)19-9-10-20-16-8-4-2-6-14(16)12-18;15-9-11-5-1-3-7-13(11)17-14-8-4-2-6-12(14)10-16;13-7-11-5-9-3-1-2-4-10(9)6-12(11)8-14;9-5-7-1-2-8(6-10)4-3-7;10-3-6(4-11)7-1-2-8-5-9-7/h3-6,9-12,15-16H,1-2,7-8,13-14H2;3-6,9-12H,7-8H2,1-2H3;1-4,6-9,12-13H,5,10-11H2;1-8,11-12H,9-10H2;1-10H;1-8H;1-6H;1-6H. The zero-order valence-electron chi connectivity index (χ0n) is 76.9. The van der Waals surface area contributed by atoms with Gasteiger partial charge in [-0.3, -0.25) is 67.1 Å². The van der Waals surface area contributed by atoms with Crippen molar-refractivity contribution in [3.05, 3.63) is 393 Å². The lowest BCUT2D eigenvalue weighted by Crippen LogP contribution is -2.10. The molecule has 0 spiro atoms. The van der Waals surface area contributed by atoms with Gasteiger partial charge in [0.15, 0.2) is 85.9 Å². The van der Waals surface area contributed by atoms with Gasteiger partial charge < -0.3 is 61.7 Å². The Balaban J connectivity index is 0.000000222. The monoisotopic (exact) mass is 1900 g/mol.